The zero-order valence-electron chi connectivity index (χ0n) is 16.9. The fourth-order valence-electron chi connectivity index (χ4n) is 3.41. The number of nitrogens with one attached hydrogen (secondary N) is 1. The molecule has 2 aromatic carbocycles. The van der Waals surface area contributed by atoms with Crippen LogP contribution in [-0.2, 0) is 11.3 Å². The first kappa shape index (κ1) is 18.9. The van der Waals surface area contributed by atoms with Crippen molar-refractivity contribution in [3.05, 3.63) is 59.7 Å². The minimum absolute atomic E-state index is 0.0777. The molecule has 0 unspecified atom stereocenters. The molecule has 0 aliphatic carbocycles. The SMILES string of the molecule is CCCn1nc(NC(=O)COc2cccc(C)c2)c2cc3cccc(C)c3nc21. The van der Waals surface area contributed by atoms with Gasteiger partial charge in [-0.2, -0.15) is 5.10 Å². The Kier molecular flexibility index (Phi) is 5.16. The van der Waals surface area contributed by atoms with Gasteiger partial charge < -0.3 is 10.1 Å². The van der Waals surface area contributed by atoms with Gasteiger partial charge in [-0.15, -0.1) is 0 Å². The van der Waals surface area contributed by atoms with Gasteiger partial charge in [0.2, 0.25) is 0 Å². The summed E-state index contributed by atoms with van der Waals surface area (Å²) >= 11 is 0. The smallest absolute Gasteiger partial charge is 0.263 e. The summed E-state index contributed by atoms with van der Waals surface area (Å²) in [7, 11) is 0. The molecule has 0 aliphatic rings. The largest absolute Gasteiger partial charge is 0.484 e. The number of hydrogen-bond donors (Lipinski definition) is 1. The van der Waals surface area contributed by atoms with Crippen molar-refractivity contribution in [3.8, 4) is 5.75 Å². The molecule has 4 aromatic rings. The number of carbonyl (C=O) groups is 1. The fraction of sp³-hybridized carbons (Fsp3) is 0.261. The van der Waals surface area contributed by atoms with Gasteiger partial charge in [-0.1, -0.05) is 37.3 Å². The van der Waals surface area contributed by atoms with Gasteiger partial charge in [-0.3, -0.25) is 4.79 Å². The summed E-state index contributed by atoms with van der Waals surface area (Å²) in [4.78, 5) is 17.3. The number of benzene rings is 2. The van der Waals surface area contributed by atoms with Crippen molar-refractivity contribution in [3.63, 3.8) is 0 Å². The molecule has 6 heteroatoms. The minimum atomic E-state index is -0.251. The maximum atomic E-state index is 12.5. The average molecular weight is 388 g/mol. The fourth-order valence-corrected chi connectivity index (χ4v) is 3.41. The van der Waals surface area contributed by atoms with Gasteiger partial charge >= 0.3 is 0 Å². The summed E-state index contributed by atoms with van der Waals surface area (Å²) in [5.41, 5.74) is 3.94. The molecule has 0 radical (unpaired) electrons. The van der Waals surface area contributed by atoms with Crippen molar-refractivity contribution in [1.82, 2.24) is 14.8 Å². The molecule has 4 rings (SSSR count). The predicted molar refractivity (Wildman–Crippen MR) is 115 cm³/mol. The molecular formula is C23H24N4O2. The van der Waals surface area contributed by atoms with Gasteiger partial charge in [0, 0.05) is 11.9 Å². The Labute approximate surface area is 169 Å². The zero-order chi connectivity index (χ0) is 20.4. The van der Waals surface area contributed by atoms with E-state index in [2.05, 4.69) is 17.3 Å². The van der Waals surface area contributed by atoms with E-state index in [1.54, 1.807) is 0 Å². The van der Waals surface area contributed by atoms with Crippen molar-refractivity contribution < 1.29 is 9.53 Å². The summed E-state index contributed by atoms with van der Waals surface area (Å²) in [6.07, 6.45) is 0.925. The second kappa shape index (κ2) is 7.91. The number of rotatable bonds is 6. The predicted octanol–water partition coefficient (Wildman–Crippen LogP) is 4.63. The number of pyridine rings is 1. The number of nitrogens with zero attached hydrogens (tertiary/aromatic N) is 3. The molecule has 1 amide bonds. The van der Waals surface area contributed by atoms with Crippen molar-refractivity contribution in [2.45, 2.75) is 33.7 Å². The molecule has 0 fully saturated rings. The highest BCUT2D eigenvalue weighted by Crippen LogP contribution is 2.27. The van der Waals surface area contributed by atoms with E-state index < -0.39 is 0 Å². The molecular weight excluding hydrogens is 364 g/mol. The van der Waals surface area contributed by atoms with Crippen LogP contribution in [0, 0.1) is 13.8 Å². The molecule has 0 saturated carbocycles. The first-order chi connectivity index (χ1) is 14.0. The Morgan fingerprint density at radius 3 is 2.76 bits per heavy atom. The number of aryl methyl sites for hydroxylation is 3. The minimum Gasteiger partial charge on any atom is -0.484 e. The first-order valence-corrected chi connectivity index (χ1v) is 9.81. The van der Waals surface area contributed by atoms with Gasteiger partial charge in [-0.05, 0) is 49.6 Å². The van der Waals surface area contributed by atoms with Crippen LogP contribution >= 0.6 is 0 Å². The van der Waals surface area contributed by atoms with E-state index in [0.29, 0.717) is 11.6 Å². The highest BCUT2D eigenvalue weighted by molar-refractivity contribution is 6.03. The Balaban J connectivity index is 1.63. The van der Waals surface area contributed by atoms with Crippen LogP contribution in [0.15, 0.2) is 48.5 Å². The number of carbonyl (C=O) groups excluding carboxylic acids is 1. The Morgan fingerprint density at radius 2 is 1.97 bits per heavy atom. The summed E-state index contributed by atoms with van der Waals surface area (Å²) in [6, 6.07) is 15.8. The van der Waals surface area contributed by atoms with Crippen LogP contribution in [0.2, 0.25) is 0 Å². The zero-order valence-corrected chi connectivity index (χ0v) is 16.9. The van der Waals surface area contributed by atoms with Crippen LogP contribution < -0.4 is 10.1 Å². The number of anilines is 1. The van der Waals surface area contributed by atoms with Crippen molar-refractivity contribution in [2.75, 3.05) is 11.9 Å². The van der Waals surface area contributed by atoms with Crippen molar-refractivity contribution in [2.24, 2.45) is 0 Å². The molecule has 29 heavy (non-hydrogen) atoms. The van der Waals surface area contributed by atoms with Crippen molar-refractivity contribution >= 4 is 33.7 Å². The Bertz CT molecular complexity index is 1200. The molecule has 0 saturated heterocycles. The molecule has 6 nitrogen and oxygen atoms in total. The van der Waals surface area contributed by atoms with E-state index in [-0.39, 0.29) is 12.5 Å². The van der Waals surface area contributed by atoms with E-state index in [4.69, 9.17) is 9.72 Å². The third-order valence-corrected chi connectivity index (χ3v) is 4.80. The van der Waals surface area contributed by atoms with Crippen LogP contribution in [0.4, 0.5) is 5.82 Å². The topological polar surface area (TPSA) is 69.0 Å². The second-order valence-electron chi connectivity index (χ2n) is 7.23. The molecule has 0 aliphatic heterocycles. The quantitative estimate of drug-likeness (QED) is 0.523. The van der Waals surface area contributed by atoms with E-state index in [9.17, 15) is 4.79 Å². The maximum Gasteiger partial charge on any atom is 0.263 e. The number of ether oxygens (including phenoxy) is 1. The van der Waals surface area contributed by atoms with E-state index in [1.165, 1.54) is 0 Å². The van der Waals surface area contributed by atoms with Crippen LogP contribution in [-0.4, -0.2) is 27.3 Å². The third kappa shape index (κ3) is 3.92. The van der Waals surface area contributed by atoms with E-state index in [0.717, 1.165) is 46.0 Å². The van der Waals surface area contributed by atoms with E-state index in [1.807, 2.05) is 67.1 Å². The summed E-state index contributed by atoms with van der Waals surface area (Å²) in [5, 5.41) is 9.36. The average Bonchev–Trinajstić information content (AvgIpc) is 3.02. The molecule has 0 atom stereocenters. The molecule has 1 N–H and O–H groups in total. The normalized spacial score (nSPS) is 11.1. The highest BCUT2D eigenvalue weighted by atomic mass is 16.5. The molecule has 0 spiro atoms. The molecule has 2 aromatic heterocycles. The van der Waals surface area contributed by atoms with Gasteiger partial charge in [0.25, 0.3) is 5.91 Å². The van der Waals surface area contributed by atoms with Gasteiger partial charge in [-0.25, -0.2) is 9.67 Å². The van der Waals surface area contributed by atoms with Crippen LogP contribution in [0.3, 0.4) is 0 Å². The maximum absolute atomic E-state index is 12.5. The van der Waals surface area contributed by atoms with Crippen molar-refractivity contribution in [1.29, 1.82) is 0 Å². The lowest BCUT2D eigenvalue weighted by atomic mass is 10.1. The van der Waals surface area contributed by atoms with Crippen LogP contribution in [0.25, 0.3) is 21.9 Å². The Morgan fingerprint density at radius 1 is 1.14 bits per heavy atom. The standard InChI is InChI=1S/C23H24N4O2/c1-4-11-27-23-19(13-17-9-6-8-16(3)21(17)25-23)22(26-27)24-20(28)14-29-18-10-5-7-15(2)12-18/h5-10,12-13H,4,11,14H2,1-3H3,(H,24,26,28). The lowest BCUT2D eigenvalue weighted by Gasteiger charge is -2.07. The van der Waals surface area contributed by atoms with Crippen LogP contribution in [0.1, 0.15) is 24.5 Å². The summed E-state index contributed by atoms with van der Waals surface area (Å²) in [5.74, 6) is 0.936. The number of amides is 1. The van der Waals surface area contributed by atoms with Gasteiger partial charge in [0.15, 0.2) is 18.1 Å². The monoisotopic (exact) mass is 388 g/mol. The van der Waals surface area contributed by atoms with E-state index >= 15 is 0 Å². The van der Waals surface area contributed by atoms with Gasteiger partial charge in [0.1, 0.15) is 5.75 Å². The first-order valence-electron chi connectivity index (χ1n) is 9.81. The van der Waals surface area contributed by atoms with Crippen LogP contribution in [0.5, 0.6) is 5.75 Å². The lowest BCUT2D eigenvalue weighted by Crippen LogP contribution is -2.20. The molecule has 0 bridgehead atoms. The number of hydrogen-bond acceptors (Lipinski definition) is 4. The number of fused-ring (bicyclic) bond motifs is 2. The molecule has 2 heterocycles. The lowest BCUT2D eigenvalue weighted by molar-refractivity contribution is -0.118. The molecule has 148 valence electrons. The highest BCUT2D eigenvalue weighted by Gasteiger charge is 2.16. The number of aromatic nitrogens is 3. The third-order valence-electron chi connectivity index (χ3n) is 4.80. The summed E-state index contributed by atoms with van der Waals surface area (Å²) in [6.45, 7) is 6.78. The summed E-state index contributed by atoms with van der Waals surface area (Å²) < 4.78 is 7.47. The Hall–Kier alpha value is -3.41. The van der Waals surface area contributed by atoms with Gasteiger partial charge in [0.05, 0.1) is 10.9 Å². The second-order valence-corrected chi connectivity index (χ2v) is 7.23. The number of para-hydroxylation sites is 1.